The summed E-state index contributed by atoms with van der Waals surface area (Å²) in [4.78, 5) is 15.5. The highest BCUT2D eigenvalue weighted by molar-refractivity contribution is 5.87. The minimum absolute atomic E-state index is 0.345. The number of rotatable bonds is 2. The average Bonchev–Trinajstić information content (AvgIpc) is 2.64. The summed E-state index contributed by atoms with van der Waals surface area (Å²) in [6.07, 6.45) is 3.66. The molecule has 0 aromatic carbocycles. The number of hydrogen-bond acceptors (Lipinski definition) is 3. The second-order valence-electron chi connectivity index (χ2n) is 2.81. The van der Waals surface area contributed by atoms with Crippen LogP contribution in [0, 0.1) is 0 Å². The lowest BCUT2D eigenvalue weighted by molar-refractivity contribution is 0.0519. The Hall–Kier alpha value is -1.84. The molecule has 2 aromatic heterocycles. The first kappa shape index (κ1) is 8.74. The number of nitrogens with zero attached hydrogens (tertiary/aromatic N) is 2. The van der Waals surface area contributed by atoms with Crippen LogP contribution in [0.4, 0.5) is 0 Å². The van der Waals surface area contributed by atoms with E-state index in [9.17, 15) is 4.79 Å². The van der Waals surface area contributed by atoms with Crippen molar-refractivity contribution in [2.24, 2.45) is 0 Å². The molecule has 4 heteroatoms. The third-order valence-corrected chi connectivity index (χ3v) is 1.87. The zero-order valence-corrected chi connectivity index (χ0v) is 7.80. The number of carbonyl (C=O) groups is 1. The molecule has 0 bridgehead atoms. The third kappa shape index (κ3) is 1.46. The molecule has 2 rings (SSSR count). The molecule has 0 radical (unpaired) electrons. The summed E-state index contributed by atoms with van der Waals surface area (Å²) in [7, 11) is 0. The van der Waals surface area contributed by atoms with E-state index in [1.807, 2.05) is 22.7 Å². The fourth-order valence-corrected chi connectivity index (χ4v) is 1.24. The van der Waals surface area contributed by atoms with Crippen molar-refractivity contribution >= 4 is 11.6 Å². The Balaban J connectivity index is 2.38. The van der Waals surface area contributed by atoms with Gasteiger partial charge >= 0.3 is 5.97 Å². The van der Waals surface area contributed by atoms with Crippen LogP contribution in [0.5, 0.6) is 0 Å². The molecule has 72 valence electrons. The first-order valence-electron chi connectivity index (χ1n) is 4.42. The van der Waals surface area contributed by atoms with Gasteiger partial charge in [-0.1, -0.05) is 0 Å². The molecular formula is C10H10N2O2. The summed E-state index contributed by atoms with van der Waals surface area (Å²) in [5, 5.41) is 0. The van der Waals surface area contributed by atoms with Gasteiger partial charge in [-0.25, -0.2) is 9.78 Å². The molecule has 0 unspecified atom stereocenters. The summed E-state index contributed by atoms with van der Waals surface area (Å²) in [6, 6.07) is 5.35. The van der Waals surface area contributed by atoms with E-state index >= 15 is 0 Å². The Labute approximate surface area is 81.1 Å². The number of fused-ring (bicyclic) bond motifs is 1. The number of esters is 1. The molecule has 14 heavy (non-hydrogen) atoms. The molecule has 0 aliphatic heterocycles. The Kier molecular flexibility index (Phi) is 2.18. The maximum Gasteiger partial charge on any atom is 0.357 e. The zero-order valence-electron chi connectivity index (χ0n) is 7.80. The van der Waals surface area contributed by atoms with Gasteiger partial charge in [0, 0.05) is 12.4 Å². The van der Waals surface area contributed by atoms with E-state index in [1.165, 1.54) is 0 Å². The quantitative estimate of drug-likeness (QED) is 0.674. The van der Waals surface area contributed by atoms with Crippen LogP contribution >= 0.6 is 0 Å². The van der Waals surface area contributed by atoms with E-state index in [-0.39, 0.29) is 5.97 Å². The number of ether oxygens (including phenoxy) is 1. The van der Waals surface area contributed by atoms with Crippen molar-refractivity contribution in [3.8, 4) is 0 Å². The van der Waals surface area contributed by atoms with Crippen LogP contribution in [0.15, 0.2) is 30.6 Å². The van der Waals surface area contributed by atoms with E-state index in [2.05, 4.69) is 4.98 Å². The van der Waals surface area contributed by atoms with Gasteiger partial charge in [-0.2, -0.15) is 0 Å². The van der Waals surface area contributed by atoms with Gasteiger partial charge in [-0.3, -0.25) is 0 Å². The van der Waals surface area contributed by atoms with E-state index in [0.29, 0.717) is 12.3 Å². The number of hydrogen-bond donors (Lipinski definition) is 0. The first-order valence-corrected chi connectivity index (χ1v) is 4.42. The Morgan fingerprint density at radius 3 is 3.14 bits per heavy atom. The maximum absolute atomic E-state index is 11.3. The minimum Gasteiger partial charge on any atom is -0.461 e. The van der Waals surface area contributed by atoms with Crippen LogP contribution in [0.1, 0.15) is 17.4 Å². The van der Waals surface area contributed by atoms with Crippen molar-refractivity contribution in [3.63, 3.8) is 0 Å². The fourth-order valence-electron chi connectivity index (χ4n) is 1.24. The van der Waals surface area contributed by atoms with Crippen molar-refractivity contribution in [1.82, 2.24) is 9.38 Å². The molecule has 2 heterocycles. The predicted molar refractivity (Wildman–Crippen MR) is 51.1 cm³/mol. The molecule has 0 fully saturated rings. The van der Waals surface area contributed by atoms with Crippen molar-refractivity contribution in [3.05, 3.63) is 36.3 Å². The zero-order chi connectivity index (χ0) is 9.97. The number of carbonyl (C=O) groups excluding carboxylic acids is 1. The summed E-state index contributed by atoms with van der Waals surface area (Å²) in [5.74, 6) is -0.379. The molecule has 0 saturated heterocycles. The predicted octanol–water partition coefficient (Wildman–Crippen LogP) is 1.51. The molecule has 0 aliphatic rings. The standard InChI is InChI=1S/C10H10N2O2/c1-2-14-10(13)8-5-7-12-6-3-4-9(12)11-8/h3-7H,2H2,1H3. The molecule has 0 N–H and O–H groups in total. The van der Waals surface area contributed by atoms with Crippen LogP contribution in [0.2, 0.25) is 0 Å². The highest BCUT2D eigenvalue weighted by atomic mass is 16.5. The Bertz CT molecular complexity index is 462. The van der Waals surface area contributed by atoms with Gasteiger partial charge in [0.2, 0.25) is 0 Å². The molecule has 0 spiro atoms. The van der Waals surface area contributed by atoms with Gasteiger partial charge < -0.3 is 9.14 Å². The second-order valence-corrected chi connectivity index (χ2v) is 2.81. The maximum atomic E-state index is 11.3. The lowest BCUT2D eigenvalue weighted by Crippen LogP contribution is -2.07. The normalized spacial score (nSPS) is 10.4. The van der Waals surface area contributed by atoms with Crippen molar-refractivity contribution < 1.29 is 9.53 Å². The molecule has 0 saturated carbocycles. The monoisotopic (exact) mass is 190 g/mol. The molecule has 0 amide bonds. The number of aromatic nitrogens is 2. The van der Waals surface area contributed by atoms with Gasteiger partial charge in [-0.05, 0) is 25.1 Å². The van der Waals surface area contributed by atoms with Gasteiger partial charge in [0.1, 0.15) is 5.65 Å². The minimum atomic E-state index is -0.379. The summed E-state index contributed by atoms with van der Waals surface area (Å²) in [5.41, 5.74) is 1.09. The van der Waals surface area contributed by atoms with Gasteiger partial charge in [-0.15, -0.1) is 0 Å². The third-order valence-electron chi connectivity index (χ3n) is 1.87. The van der Waals surface area contributed by atoms with Crippen LogP contribution in [-0.2, 0) is 4.74 Å². The van der Waals surface area contributed by atoms with Crippen molar-refractivity contribution in [2.45, 2.75) is 6.92 Å². The lowest BCUT2D eigenvalue weighted by Gasteiger charge is -2.01. The topological polar surface area (TPSA) is 43.6 Å². The van der Waals surface area contributed by atoms with Crippen LogP contribution in [-0.4, -0.2) is 22.0 Å². The fraction of sp³-hybridized carbons (Fsp3) is 0.200. The van der Waals surface area contributed by atoms with E-state index in [4.69, 9.17) is 4.74 Å². The summed E-state index contributed by atoms with van der Waals surface area (Å²) < 4.78 is 6.68. The summed E-state index contributed by atoms with van der Waals surface area (Å²) in [6.45, 7) is 2.14. The van der Waals surface area contributed by atoms with Crippen LogP contribution < -0.4 is 0 Å². The van der Waals surface area contributed by atoms with Crippen LogP contribution in [0.3, 0.4) is 0 Å². The van der Waals surface area contributed by atoms with Crippen LogP contribution in [0.25, 0.3) is 5.65 Å². The highest BCUT2D eigenvalue weighted by Crippen LogP contribution is 2.04. The largest absolute Gasteiger partial charge is 0.461 e. The highest BCUT2D eigenvalue weighted by Gasteiger charge is 2.07. The van der Waals surface area contributed by atoms with Gasteiger partial charge in [0.15, 0.2) is 5.69 Å². The smallest absolute Gasteiger partial charge is 0.357 e. The van der Waals surface area contributed by atoms with E-state index < -0.39 is 0 Å². The first-order chi connectivity index (χ1) is 6.81. The molecule has 4 nitrogen and oxygen atoms in total. The van der Waals surface area contributed by atoms with Crippen molar-refractivity contribution in [1.29, 1.82) is 0 Å². The Morgan fingerprint density at radius 1 is 1.50 bits per heavy atom. The summed E-state index contributed by atoms with van der Waals surface area (Å²) >= 11 is 0. The SMILES string of the molecule is CCOC(=O)c1ccn2cccc2n1. The molecular weight excluding hydrogens is 180 g/mol. The molecule has 0 atom stereocenters. The van der Waals surface area contributed by atoms with E-state index in [0.717, 1.165) is 5.65 Å². The Morgan fingerprint density at radius 2 is 2.36 bits per heavy atom. The average molecular weight is 190 g/mol. The lowest BCUT2D eigenvalue weighted by atomic mass is 10.4. The van der Waals surface area contributed by atoms with Gasteiger partial charge in [0.05, 0.1) is 6.61 Å². The van der Waals surface area contributed by atoms with Gasteiger partial charge in [0.25, 0.3) is 0 Å². The van der Waals surface area contributed by atoms with E-state index in [1.54, 1.807) is 19.2 Å². The second kappa shape index (κ2) is 3.49. The molecule has 2 aromatic rings. The van der Waals surface area contributed by atoms with Crippen molar-refractivity contribution in [2.75, 3.05) is 6.61 Å². The molecule has 0 aliphatic carbocycles.